The summed E-state index contributed by atoms with van der Waals surface area (Å²) in [7, 11) is 0. The zero-order valence-corrected chi connectivity index (χ0v) is 18.2. The highest BCUT2D eigenvalue weighted by atomic mass is 16.2. The molecule has 1 fully saturated rings. The fourth-order valence-electron chi connectivity index (χ4n) is 3.90. The number of anilines is 1. The van der Waals surface area contributed by atoms with Gasteiger partial charge in [-0.3, -0.25) is 13.9 Å². The number of hydrogen-bond donors (Lipinski definition) is 0. The van der Waals surface area contributed by atoms with Crippen molar-refractivity contribution in [2.75, 3.05) is 31.1 Å². The first-order chi connectivity index (χ1) is 14.6. The number of nitrogens with zero attached hydrogens (tertiary/aromatic N) is 7. The maximum atomic E-state index is 12.8. The maximum absolute atomic E-state index is 12.8. The number of aryl methyl sites for hydroxylation is 1. The van der Waals surface area contributed by atoms with Gasteiger partial charge in [0.15, 0.2) is 11.5 Å². The minimum absolute atomic E-state index is 0.121. The van der Waals surface area contributed by atoms with Crippen LogP contribution in [-0.4, -0.2) is 61.1 Å². The fraction of sp³-hybridized carbons (Fsp3) is 0.545. The van der Waals surface area contributed by atoms with Gasteiger partial charge in [-0.1, -0.05) is 20.3 Å². The second-order valence-electron chi connectivity index (χ2n) is 7.99. The van der Waals surface area contributed by atoms with Gasteiger partial charge >= 0.3 is 0 Å². The first kappa shape index (κ1) is 20.4. The van der Waals surface area contributed by atoms with Crippen LogP contribution in [0.5, 0.6) is 0 Å². The zero-order chi connectivity index (χ0) is 21.1. The lowest BCUT2D eigenvalue weighted by atomic mass is 10.2. The van der Waals surface area contributed by atoms with E-state index < -0.39 is 0 Å². The van der Waals surface area contributed by atoms with Gasteiger partial charge in [0.05, 0.1) is 11.9 Å². The largest absolute Gasteiger partial charge is 0.353 e. The second-order valence-corrected chi connectivity index (χ2v) is 7.99. The third-order valence-electron chi connectivity index (χ3n) is 5.75. The SMILES string of the molecule is CCCCN(CCC)C(=O)Cn1cc(-c2nc(N3CCC3)c3nccn3c2C)cn1. The molecular weight excluding hydrogens is 378 g/mol. The van der Waals surface area contributed by atoms with Crippen molar-refractivity contribution in [2.45, 2.75) is 53.0 Å². The lowest BCUT2D eigenvalue weighted by molar-refractivity contribution is -0.132. The molecule has 1 amide bonds. The van der Waals surface area contributed by atoms with E-state index in [1.54, 1.807) is 4.68 Å². The highest BCUT2D eigenvalue weighted by Gasteiger charge is 2.23. The Morgan fingerprint density at radius 2 is 2.03 bits per heavy atom. The molecule has 0 bridgehead atoms. The smallest absolute Gasteiger partial charge is 0.244 e. The van der Waals surface area contributed by atoms with Crippen molar-refractivity contribution in [2.24, 2.45) is 0 Å². The topological polar surface area (TPSA) is 71.6 Å². The molecule has 0 spiro atoms. The van der Waals surface area contributed by atoms with Gasteiger partial charge in [0.1, 0.15) is 6.54 Å². The normalized spacial score (nSPS) is 13.6. The summed E-state index contributed by atoms with van der Waals surface area (Å²) in [6, 6.07) is 0. The summed E-state index contributed by atoms with van der Waals surface area (Å²) in [5.41, 5.74) is 3.73. The average Bonchev–Trinajstić information content (AvgIpc) is 3.35. The Hall–Kier alpha value is -2.90. The van der Waals surface area contributed by atoms with Crippen LogP contribution >= 0.6 is 0 Å². The molecular formula is C22H31N7O. The Morgan fingerprint density at radius 3 is 2.73 bits per heavy atom. The fourth-order valence-corrected chi connectivity index (χ4v) is 3.90. The van der Waals surface area contributed by atoms with Gasteiger partial charge in [-0.2, -0.15) is 5.10 Å². The first-order valence-corrected chi connectivity index (χ1v) is 11.0. The molecule has 1 aliphatic heterocycles. The highest BCUT2D eigenvalue weighted by molar-refractivity contribution is 5.76. The van der Waals surface area contributed by atoms with Crippen LogP contribution in [-0.2, 0) is 11.3 Å². The van der Waals surface area contributed by atoms with E-state index in [1.165, 1.54) is 6.42 Å². The van der Waals surface area contributed by atoms with Gasteiger partial charge in [-0.05, 0) is 26.2 Å². The van der Waals surface area contributed by atoms with E-state index in [0.29, 0.717) is 0 Å². The number of rotatable bonds is 9. The lowest BCUT2D eigenvalue weighted by Gasteiger charge is -2.32. The zero-order valence-electron chi connectivity index (χ0n) is 18.2. The Morgan fingerprint density at radius 1 is 1.20 bits per heavy atom. The molecule has 4 rings (SSSR count). The summed E-state index contributed by atoms with van der Waals surface area (Å²) >= 11 is 0. The summed E-state index contributed by atoms with van der Waals surface area (Å²) in [4.78, 5) is 26.5. The van der Waals surface area contributed by atoms with E-state index in [0.717, 1.165) is 73.9 Å². The molecule has 0 saturated carbocycles. The minimum Gasteiger partial charge on any atom is -0.353 e. The summed E-state index contributed by atoms with van der Waals surface area (Å²) in [5.74, 6) is 1.04. The van der Waals surface area contributed by atoms with E-state index in [2.05, 4.69) is 33.2 Å². The molecule has 30 heavy (non-hydrogen) atoms. The van der Waals surface area contributed by atoms with Crippen LogP contribution in [0.4, 0.5) is 5.82 Å². The second kappa shape index (κ2) is 8.85. The Labute approximate surface area is 177 Å². The third-order valence-corrected chi connectivity index (χ3v) is 5.75. The number of unbranched alkanes of at least 4 members (excludes halogenated alkanes) is 1. The van der Waals surface area contributed by atoms with Crippen molar-refractivity contribution in [1.82, 2.24) is 29.0 Å². The molecule has 0 atom stereocenters. The molecule has 0 radical (unpaired) electrons. The number of carbonyl (C=O) groups is 1. The van der Waals surface area contributed by atoms with Crippen molar-refractivity contribution < 1.29 is 4.79 Å². The van der Waals surface area contributed by atoms with Crippen LogP contribution in [0, 0.1) is 6.92 Å². The standard InChI is InChI=1S/C22H31N7O/c1-4-6-10-26(9-5-2)19(30)16-28-15-18(14-24-28)20-17(3)29-13-8-23-21(29)22(25-20)27-11-7-12-27/h8,13-15H,4-7,9-12,16H2,1-3H3. The lowest BCUT2D eigenvalue weighted by Crippen LogP contribution is -2.38. The van der Waals surface area contributed by atoms with E-state index >= 15 is 0 Å². The van der Waals surface area contributed by atoms with Crippen LogP contribution < -0.4 is 4.90 Å². The van der Waals surface area contributed by atoms with Crippen LogP contribution in [0.25, 0.3) is 16.9 Å². The number of fused-ring (bicyclic) bond motifs is 1. The van der Waals surface area contributed by atoms with Crippen LogP contribution in [0.15, 0.2) is 24.8 Å². The molecule has 0 N–H and O–H groups in total. The monoisotopic (exact) mass is 409 g/mol. The van der Waals surface area contributed by atoms with Gasteiger partial charge in [0.2, 0.25) is 5.91 Å². The van der Waals surface area contributed by atoms with Crippen molar-refractivity contribution in [3.05, 3.63) is 30.5 Å². The van der Waals surface area contributed by atoms with E-state index in [1.807, 2.05) is 36.6 Å². The molecule has 4 heterocycles. The molecule has 3 aromatic rings. The van der Waals surface area contributed by atoms with Crippen molar-refractivity contribution in [3.8, 4) is 11.3 Å². The molecule has 1 saturated heterocycles. The van der Waals surface area contributed by atoms with Gasteiger partial charge in [-0.15, -0.1) is 0 Å². The van der Waals surface area contributed by atoms with Gasteiger partial charge in [0.25, 0.3) is 0 Å². The maximum Gasteiger partial charge on any atom is 0.244 e. The predicted octanol–water partition coefficient (Wildman–Crippen LogP) is 3.15. The number of imidazole rings is 1. The molecule has 0 aliphatic carbocycles. The van der Waals surface area contributed by atoms with E-state index in [4.69, 9.17) is 4.98 Å². The first-order valence-electron chi connectivity index (χ1n) is 11.0. The van der Waals surface area contributed by atoms with E-state index in [9.17, 15) is 4.79 Å². The summed E-state index contributed by atoms with van der Waals surface area (Å²) in [6.45, 7) is 10.2. The molecule has 0 unspecified atom stereocenters. The van der Waals surface area contributed by atoms with Crippen LogP contribution in [0.2, 0.25) is 0 Å². The van der Waals surface area contributed by atoms with Gasteiger partial charge < -0.3 is 9.80 Å². The average molecular weight is 410 g/mol. The molecule has 160 valence electrons. The number of carbonyl (C=O) groups excluding carboxylic acids is 1. The van der Waals surface area contributed by atoms with Crippen molar-refractivity contribution >= 4 is 17.4 Å². The number of hydrogen-bond acceptors (Lipinski definition) is 5. The molecule has 8 nitrogen and oxygen atoms in total. The number of aromatic nitrogens is 5. The van der Waals surface area contributed by atoms with Gasteiger partial charge in [-0.25, -0.2) is 9.97 Å². The van der Waals surface area contributed by atoms with Crippen LogP contribution in [0.3, 0.4) is 0 Å². The van der Waals surface area contributed by atoms with Gasteiger partial charge in [0, 0.05) is 56.0 Å². The number of amides is 1. The molecule has 1 aliphatic rings. The summed E-state index contributed by atoms with van der Waals surface area (Å²) in [6.07, 6.45) is 11.8. The predicted molar refractivity (Wildman–Crippen MR) is 118 cm³/mol. The van der Waals surface area contributed by atoms with Crippen molar-refractivity contribution in [3.63, 3.8) is 0 Å². The van der Waals surface area contributed by atoms with Crippen LogP contribution in [0.1, 0.15) is 45.2 Å². The Balaban J connectivity index is 1.58. The molecule has 8 heteroatoms. The third kappa shape index (κ3) is 3.91. The van der Waals surface area contributed by atoms with Crippen molar-refractivity contribution in [1.29, 1.82) is 0 Å². The molecule has 3 aromatic heterocycles. The molecule has 0 aromatic carbocycles. The summed E-state index contributed by atoms with van der Waals surface area (Å²) in [5, 5.41) is 4.46. The Kier molecular flexibility index (Phi) is 6.01. The highest BCUT2D eigenvalue weighted by Crippen LogP contribution is 2.29. The Bertz CT molecular complexity index is 1020. The summed E-state index contributed by atoms with van der Waals surface area (Å²) < 4.78 is 3.82. The minimum atomic E-state index is 0.121. The van der Waals surface area contributed by atoms with E-state index in [-0.39, 0.29) is 12.5 Å². The quantitative estimate of drug-likeness (QED) is 0.543.